The third-order valence-corrected chi connectivity index (χ3v) is 1.62. The molecule has 0 aliphatic carbocycles. The first-order valence-corrected chi connectivity index (χ1v) is 3.97. The van der Waals surface area contributed by atoms with E-state index in [9.17, 15) is 10.2 Å². The minimum Gasteiger partial charge on any atom is -0.504 e. The summed E-state index contributed by atoms with van der Waals surface area (Å²) in [5, 5.41) is 27.2. The van der Waals surface area contributed by atoms with Crippen molar-refractivity contribution in [3.05, 3.63) is 17.7 Å². The highest BCUT2D eigenvalue weighted by atomic mass is 16.5. The Morgan fingerprint density at radius 2 is 2.00 bits per heavy atom. The second-order valence-corrected chi connectivity index (χ2v) is 2.54. The van der Waals surface area contributed by atoms with Crippen molar-refractivity contribution < 1.29 is 20.1 Å². The molecule has 0 fully saturated rings. The summed E-state index contributed by atoms with van der Waals surface area (Å²) in [7, 11) is 0. The van der Waals surface area contributed by atoms with E-state index in [1.165, 1.54) is 12.1 Å². The Hall–Kier alpha value is -1.42. The lowest BCUT2D eigenvalue weighted by Gasteiger charge is -2.08. The minimum absolute atomic E-state index is 0.253. The zero-order chi connectivity index (χ0) is 9.84. The van der Waals surface area contributed by atoms with E-state index in [1.54, 1.807) is 0 Å². The monoisotopic (exact) mass is 184 g/mol. The van der Waals surface area contributed by atoms with E-state index in [-0.39, 0.29) is 23.7 Å². The molecule has 0 aliphatic heterocycles. The maximum absolute atomic E-state index is 9.22. The second kappa shape index (κ2) is 4.00. The summed E-state index contributed by atoms with van der Waals surface area (Å²) in [5.74, 6) is -0.150. The van der Waals surface area contributed by atoms with Gasteiger partial charge in [-0.05, 0) is 13.0 Å². The quantitative estimate of drug-likeness (QED) is 0.612. The van der Waals surface area contributed by atoms with Gasteiger partial charge in [0.05, 0.1) is 13.2 Å². The SMILES string of the molecule is CCOc1cc(O)c(O)c(CO)c1. The molecular formula is C9H12O4. The number of aromatic hydroxyl groups is 2. The Morgan fingerprint density at radius 1 is 1.31 bits per heavy atom. The zero-order valence-corrected chi connectivity index (χ0v) is 7.32. The van der Waals surface area contributed by atoms with Gasteiger partial charge in [-0.1, -0.05) is 0 Å². The van der Waals surface area contributed by atoms with Crippen molar-refractivity contribution in [2.45, 2.75) is 13.5 Å². The smallest absolute Gasteiger partial charge is 0.163 e. The Kier molecular flexibility index (Phi) is 2.97. The third-order valence-electron chi connectivity index (χ3n) is 1.62. The van der Waals surface area contributed by atoms with Crippen molar-refractivity contribution in [3.8, 4) is 17.2 Å². The Morgan fingerprint density at radius 3 is 2.54 bits per heavy atom. The van der Waals surface area contributed by atoms with Gasteiger partial charge in [-0.2, -0.15) is 0 Å². The number of hydrogen-bond donors (Lipinski definition) is 3. The summed E-state index contributed by atoms with van der Waals surface area (Å²) in [4.78, 5) is 0. The lowest BCUT2D eigenvalue weighted by Crippen LogP contribution is -1.93. The summed E-state index contributed by atoms with van der Waals surface area (Å²) >= 11 is 0. The number of ether oxygens (including phenoxy) is 1. The molecule has 4 nitrogen and oxygen atoms in total. The highest BCUT2D eigenvalue weighted by molar-refractivity contribution is 5.49. The van der Waals surface area contributed by atoms with Gasteiger partial charge < -0.3 is 20.1 Å². The fraction of sp³-hybridized carbons (Fsp3) is 0.333. The van der Waals surface area contributed by atoms with Crippen LogP contribution in [0.3, 0.4) is 0 Å². The van der Waals surface area contributed by atoms with Crippen LogP contribution < -0.4 is 4.74 Å². The van der Waals surface area contributed by atoms with Crippen LogP contribution in [0.5, 0.6) is 17.2 Å². The van der Waals surface area contributed by atoms with E-state index in [0.29, 0.717) is 12.4 Å². The molecule has 3 N–H and O–H groups in total. The first-order chi connectivity index (χ1) is 6.19. The fourth-order valence-electron chi connectivity index (χ4n) is 1.02. The molecule has 72 valence electrons. The van der Waals surface area contributed by atoms with Crippen LogP contribution in [0.4, 0.5) is 0 Å². The van der Waals surface area contributed by atoms with Crippen LogP contribution in [0, 0.1) is 0 Å². The number of aliphatic hydroxyl groups excluding tert-OH is 1. The molecule has 0 radical (unpaired) electrons. The predicted octanol–water partition coefficient (Wildman–Crippen LogP) is 0.989. The molecule has 0 atom stereocenters. The molecule has 0 bridgehead atoms. The number of aliphatic hydroxyl groups is 1. The third kappa shape index (κ3) is 2.03. The molecule has 0 aromatic heterocycles. The molecule has 0 saturated heterocycles. The van der Waals surface area contributed by atoms with E-state index in [0.717, 1.165) is 0 Å². The summed E-state index contributed by atoms with van der Waals surface area (Å²) < 4.78 is 5.10. The summed E-state index contributed by atoms with van der Waals surface area (Å²) in [6.45, 7) is 1.94. The lowest BCUT2D eigenvalue weighted by atomic mass is 10.2. The first kappa shape index (κ1) is 9.67. The van der Waals surface area contributed by atoms with E-state index >= 15 is 0 Å². The van der Waals surface area contributed by atoms with Crippen LogP contribution >= 0.6 is 0 Å². The van der Waals surface area contributed by atoms with Gasteiger partial charge in [0.1, 0.15) is 5.75 Å². The van der Waals surface area contributed by atoms with Crippen molar-refractivity contribution in [2.24, 2.45) is 0 Å². The van der Waals surface area contributed by atoms with Gasteiger partial charge in [0, 0.05) is 11.6 Å². The molecule has 0 spiro atoms. The summed E-state index contributed by atoms with van der Waals surface area (Å²) in [5.41, 5.74) is 0.253. The topological polar surface area (TPSA) is 69.9 Å². The normalized spacial score (nSPS) is 10.0. The molecule has 1 aromatic carbocycles. The fourth-order valence-corrected chi connectivity index (χ4v) is 1.02. The van der Waals surface area contributed by atoms with Crippen LogP contribution in [-0.2, 0) is 6.61 Å². The Bertz CT molecular complexity index is 296. The van der Waals surface area contributed by atoms with Gasteiger partial charge in [0.25, 0.3) is 0 Å². The van der Waals surface area contributed by atoms with Gasteiger partial charge >= 0.3 is 0 Å². The van der Waals surface area contributed by atoms with Crippen molar-refractivity contribution in [1.29, 1.82) is 0 Å². The van der Waals surface area contributed by atoms with Gasteiger partial charge in [-0.25, -0.2) is 0 Å². The van der Waals surface area contributed by atoms with E-state index in [1.807, 2.05) is 6.92 Å². The van der Waals surface area contributed by atoms with E-state index in [2.05, 4.69) is 0 Å². The number of benzene rings is 1. The van der Waals surface area contributed by atoms with Gasteiger partial charge in [0.15, 0.2) is 11.5 Å². The van der Waals surface area contributed by atoms with Gasteiger partial charge in [-0.3, -0.25) is 0 Å². The average molecular weight is 184 g/mol. The molecule has 0 amide bonds. The molecule has 0 aliphatic rings. The molecular weight excluding hydrogens is 172 g/mol. The van der Waals surface area contributed by atoms with Crippen molar-refractivity contribution >= 4 is 0 Å². The van der Waals surface area contributed by atoms with Gasteiger partial charge in [0.2, 0.25) is 0 Å². The minimum atomic E-state index is -0.333. The predicted molar refractivity (Wildman–Crippen MR) is 46.9 cm³/mol. The van der Waals surface area contributed by atoms with Crippen molar-refractivity contribution in [3.63, 3.8) is 0 Å². The molecule has 1 aromatic rings. The molecule has 0 unspecified atom stereocenters. The Balaban J connectivity index is 3.06. The number of rotatable bonds is 3. The Labute approximate surface area is 76.0 Å². The highest BCUT2D eigenvalue weighted by Gasteiger charge is 2.08. The summed E-state index contributed by atoms with van der Waals surface area (Å²) in [6, 6.07) is 2.79. The van der Waals surface area contributed by atoms with Crippen molar-refractivity contribution in [2.75, 3.05) is 6.61 Å². The standard InChI is InChI=1S/C9H12O4/c1-2-13-7-3-6(5-10)9(12)8(11)4-7/h3-4,10-12H,2,5H2,1H3. The van der Waals surface area contributed by atoms with Crippen LogP contribution in [0.2, 0.25) is 0 Å². The second-order valence-electron chi connectivity index (χ2n) is 2.54. The largest absolute Gasteiger partial charge is 0.504 e. The van der Waals surface area contributed by atoms with Crippen LogP contribution in [0.25, 0.3) is 0 Å². The molecule has 0 saturated carbocycles. The maximum Gasteiger partial charge on any atom is 0.163 e. The number of phenolic OH excluding ortho intramolecular Hbond substituents is 1. The van der Waals surface area contributed by atoms with Crippen molar-refractivity contribution in [1.82, 2.24) is 0 Å². The maximum atomic E-state index is 9.22. The van der Waals surface area contributed by atoms with Crippen LogP contribution in [-0.4, -0.2) is 21.9 Å². The van der Waals surface area contributed by atoms with E-state index in [4.69, 9.17) is 9.84 Å². The molecule has 4 heteroatoms. The number of phenols is 2. The first-order valence-electron chi connectivity index (χ1n) is 3.97. The molecule has 0 heterocycles. The molecule has 1 rings (SSSR count). The van der Waals surface area contributed by atoms with Gasteiger partial charge in [-0.15, -0.1) is 0 Å². The lowest BCUT2D eigenvalue weighted by molar-refractivity contribution is 0.270. The van der Waals surface area contributed by atoms with E-state index < -0.39 is 0 Å². The highest BCUT2D eigenvalue weighted by Crippen LogP contribution is 2.33. The van der Waals surface area contributed by atoms with Crippen LogP contribution in [0.15, 0.2) is 12.1 Å². The zero-order valence-electron chi connectivity index (χ0n) is 7.32. The average Bonchev–Trinajstić information content (AvgIpc) is 2.11. The number of hydrogen-bond acceptors (Lipinski definition) is 4. The molecule has 13 heavy (non-hydrogen) atoms. The summed E-state index contributed by atoms with van der Waals surface area (Å²) in [6.07, 6.45) is 0. The van der Waals surface area contributed by atoms with Crippen LogP contribution in [0.1, 0.15) is 12.5 Å².